The zero-order valence-electron chi connectivity index (χ0n) is 13.7. The van der Waals surface area contributed by atoms with Crippen molar-refractivity contribution in [2.45, 2.75) is 13.8 Å². The number of aryl methyl sites for hydroxylation is 1. The number of ether oxygens (including phenoxy) is 2. The summed E-state index contributed by atoms with van der Waals surface area (Å²) < 4.78 is 11.6. The van der Waals surface area contributed by atoms with Crippen LogP contribution in [0.25, 0.3) is 0 Å². The van der Waals surface area contributed by atoms with Crippen LogP contribution in [-0.2, 0) is 4.79 Å². The average molecular weight is 424 g/mol. The fourth-order valence-corrected chi connectivity index (χ4v) is 2.92. The second kappa shape index (κ2) is 8.75. The summed E-state index contributed by atoms with van der Waals surface area (Å²) in [7, 11) is 0. The lowest BCUT2D eigenvalue weighted by Gasteiger charge is -2.14. The third-order valence-electron chi connectivity index (χ3n) is 3.18. The third-order valence-corrected chi connectivity index (χ3v) is 4.09. The summed E-state index contributed by atoms with van der Waals surface area (Å²) in [5.74, 6) is 0.407. The van der Waals surface area contributed by atoms with Gasteiger partial charge in [-0.05, 0) is 53.5 Å². The van der Waals surface area contributed by atoms with Gasteiger partial charge in [-0.25, -0.2) is 0 Å². The predicted molar refractivity (Wildman–Crippen MR) is 100 cm³/mol. The molecular weight excluding hydrogens is 408 g/mol. The topological polar surface area (TPSA) is 71.3 Å². The molecule has 0 aliphatic carbocycles. The van der Waals surface area contributed by atoms with Gasteiger partial charge in [0.25, 0.3) is 5.91 Å². The van der Waals surface area contributed by atoms with Crippen LogP contribution in [0.3, 0.4) is 0 Å². The number of amides is 1. The average Bonchev–Trinajstić information content (AvgIpc) is 2.56. The number of hydrogen-bond acceptors (Lipinski definition) is 4. The van der Waals surface area contributed by atoms with E-state index in [1.165, 1.54) is 0 Å². The number of benzene rings is 2. The fraction of sp³-hybridized carbons (Fsp3) is 0.222. The summed E-state index contributed by atoms with van der Waals surface area (Å²) >= 11 is 9.44. The van der Waals surface area contributed by atoms with Crippen LogP contribution in [0.4, 0.5) is 5.69 Å². The molecule has 130 valence electrons. The smallest absolute Gasteiger partial charge is 0.262 e. The van der Waals surface area contributed by atoms with Gasteiger partial charge in [-0.3, -0.25) is 4.79 Å². The Bertz CT molecular complexity index is 834. The van der Waals surface area contributed by atoms with Crippen LogP contribution in [0, 0.1) is 18.3 Å². The van der Waals surface area contributed by atoms with Crippen molar-refractivity contribution in [3.05, 3.63) is 51.0 Å². The van der Waals surface area contributed by atoms with Crippen LogP contribution in [0.1, 0.15) is 18.1 Å². The van der Waals surface area contributed by atoms with Crippen LogP contribution >= 0.6 is 27.5 Å². The van der Waals surface area contributed by atoms with Gasteiger partial charge in [0.05, 0.1) is 33.4 Å². The molecule has 0 bridgehead atoms. The molecule has 0 saturated carbocycles. The Morgan fingerprint density at radius 3 is 2.72 bits per heavy atom. The highest BCUT2D eigenvalue weighted by atomic mass is 79.9. The van der Waals surface area contributed by atoms with Gasteiger partial charge in [-0.2, -0.15) is 5.26 Å². The van der Waals surface area contributed by atoms with E-state index in [-0.39, 0.29) is 12.5 Å². The Labute approximate surface area is 159 Å². The lowest BCUT2D eigenvalue weighted by atomic mass is 10.2. The number of rotatable bonds is 6. The minimum Gasteiger partial charge on any atom is -0.490 e. The first-order valence-corrected chi connectivity index (χ1v) is 8.67. The molecule has 7 heteroatoms. The van der Waals surface area contributed by atoms with Gasteiger partial charge in [0.2, 0.25) is 0 Å². The number of halogens is 2. The first-order valence-electron chi connectivity index (χ1n) is 7.49. The van der Waals surface area contributed by atoms with Gasteiger partial charge in [0, 0.05) is 6.07 Å². The zero-order valence-corrected chi connectivity index (χ0v) is 16.1. The molecule has 2 rings (SSSR count). The van der Waals surface area contributed by atoms with Gasteiger partial charge >= 0.3 is 0 Å². The van der Waals surface area contributed by atoms with E-state index in [1.54, 1.807) is 24.3 Å². The van der Waals surface area contributed by atoms with Gasteiger partial charge in [0.15, 0.2) is 18.1 Å². The highest BCUT2D eigenvalue weighted by molar-refractivity contribution is 9.10. The Morgan fingerprint density at radius 1 is 1.32 bits per heavy atom. The second-order valence-electron chi connectivity index (χ2n) is 5.15. The summed E-state index contributed by atoms with van der Waals surface area (Å²) in [6.45, 7) is 3.92. The Kier molecular flexibility index (Phi) is 6.68. The summed E-state index contributed by atoms with van der Waals surface area (Å²) in [6.07, 6.45) is 0. The zero-order chi connectivity index (χ0) is 18.4. The number of nitrogens with zero attached hydrogens (tertiary/aromatic N) is 1. The van der Waals surface area contributed by atoms with Crippen molar-refractivity contribution < 1.29 is 14.3 Å². The van der Waals surface area contributed by atoms with Crippen molar-refractivity contribution in [2.75, 3.05) is 18.5 Å². The van der Waals surface area contributed by atoms with Crippen LogP contribution in [0.15, 0.2) is 34.8 Å². The largest absolute Gasteiger partial charge is 0.490 e. The molecule has 0 saturated heterocycles. The lowest BCUT2D eigenvalue weighted by Crippen LogP contribution is -2.20. The third kappa shape index (κ3) is 5.12. The molecule has 0 aromatic heterocycles. The van der Waals surface area contributed by atoms with Crippen molar-refractivity contribution in [1.29, 1.82) is 5.26 Å². The molecule has 0 fully saturated rings. The molecule has 1 amide bonds. The minimum atomic E-state index is -0.357. The van der Waals surface area contributed by atoms with Crippen molar-refractivity contribution in [3.63, 3.8) is 0 Å². The maximum Gasteiger partial charge on any atom is 0.262 e. The van der Waals surface area contributed by atoms with E-state index >= 15 is 0 Å². The molecular formula is C18H16BrClN2O3. The first-order chi connectivity index (χ1) is 11.9. The molecule has 0 atom stereocenters. The monoisotopic (exact) mass is 422 g/mol. The summed E-state index contributed by atoms with van der Waals surface area (Å²) in [6, 6.07) is 10.6. The molecule has 0 aliphatic rings. The number of anilines is 1. The van der Waals surface area contributed by atoms with Crippen LogP contribution in [-0.4, -0.2) is 19.1 Å². The van der Waals surface area contributed by atoms with E-state index in [1.807, 2.05) is 26.0 Å². The van der Waals surface area contributed by atoms with Crippen LogP contribution in [0.5, 0.6) is 11.5 Å². The molecule has 0 unspecified atom stereocenters. The maximum atomic E-state index is 12.1. The molecule has 0 aliphatic heterocycles. The number of hydrogen-bond donors (Lipinski definition) is 1. The van der Waals surface area contributed by atoms with Gasteiger partial charge in [0.1, 0.15) is 0 Å². The van der Waals surface area contributed by atoms with Gasteiger partial charge in [-0.1, -0.05) is 17.7 Å². The van der Waals surface area contributed by atoms with E-state index in [0.29, 0.717) is 38.9 Å². The SMILES string of the molecule is CCOc1cc(C#N)cc(Br)c1OCC(=O)Nc1ccc(C)cc1Cl. The van der Waals surface area contributed by atoms with Crippen molar-refractivity contribution in [2.24, 2.45) is 0 Å². The quantitative estimate of drug-likeness (QED) is 0.731. The normalized spacial score (nSPS) is 10.0. The maximum absolute atomic E-state index is 12.1. The standard InChI is InChI=1S/C18H16BrClN2O3/c1-3-24-16-8-12(9-21)7-13(19)18(16)25-10-17(23)22-15-5-4-11(2)6-14(15)20/h4-8H,3,10H2,1-2H3,(H,22,23). The lowest BCUT2D eigenvalue weighted by molar-refractivity contribution is -0.118. The van der Waals surface area contributed by atoms with Gasteiger partial charge in [-0.15, -0.1) is 0 Å². The molecule has 0 radical (unpaired) electrons. The minimum absolute atomic E-state index is 0.227. The van der Waals surface area contributed by atoms with E-state index in [2.05, 4.69) is 21.2 Å². The van der Waals surface area contributed by atoms with E-state index in [0.717, 1.165) is 5.56 Å². The number of nitrogens with one attached hydrogen (secondary N) is 1. The Balaban J connectivity index is 2.10. The highest BCUT2D eigenvalue weighted by Crippen LogP contribution is 2.36. The molecule has 0 heterocycles. The van der Waals surface area contributed by atoms with Crippen LogP contribution < -0.4 is 14.8 Å². The summed E-state index contributed by atoms with van der Waals surface area (Å²) in [5.41, 5.74) is 1.95. The number of nitriles is 1. The number of carbonyl (C=O) groups is 1. The Hall–Kier alpha value is -2.23. The molecule has 2 aromatic carbocycles. The van der Waals surface area contributed by atoms with Gasteiger partial charge < -0.3 is 14.8 Å². The van der Waals surface area contributed by atoms with Crippen molar-refractivity contribution in [1.82, 2.24) is 0 Å². The summed E-state index contributed by atoms with van der Waals surface area (Å²) in [5, 5.41) is 12.2. The van der Waals surface area contributed by atoms with E-state index < -0.39 is 0 Å². The summed E-state index contributed by atoms with van der Waals surface area (Å²) in [4.78, 5) is 12.1. The highest BCUT2D eigenvalue weighted by Gasteiger charge is 2.14. The van der Waals surface area contributed by atoms with Crippen molar-refractivity contribution in [3.8, 4) is 17.6 Å². The fourth-order valence-electron chi connectivity index (χ4n) is 2.08. The van der Waals surface area contributed by atoms with Crippen LogP contribution in [0.2, 0.25) is 5.02 Å². The first kappa shape index (κ1) is 19.1. The second-order valence-corrected chi connectivity index (χ2v) is 6.41. The molecule has 2 aromatic rings. The molecule has 25 heavy (non-hydrogen) atoms. The van der Waals surface area contributed by atoms with E-state index in [9.17, 15) is 4.79 Å². The molecule has 5 nitrogen and oxygen atoms in total. The number of carbonyl (C=O) groups excluding carboxylic acids is 1. The Morgan fingerprint density at radius 2 is 2.08 bits per heavy atom. The molecule has 1 N–H and O–H groups in total. The van der Waals surface area contributed by atoms with E-state index in [4.69, 9.17) is 26.3 Å². The van der Waals surface area contributed by atoms with Crippen molar-refractivity contribution >= 4 is 39.1 Å². The predicted octanol–water partition coefficient (Wildman–Crippen LogP) is 4.70. The molecule has 0 spiro atoms.